The second-order valence-corrected chi connectivity index (χ2v) is 17.8. The minimum atomic E-state index is -6.05. The van der Waals surface area contributed by atoms with Crippen molar-refractivity contribution in [1.82, 2.24) is 0 Å². The SMILES string of the molecule is CCCCP(CCCC)(CP(=O)(O)O)(OS(=O)(=O)C(F)(F)F)C(CC)(CC)CCC. The molecular weight excluding hydrogens is 463 g/mol. The van der Waals surface area contributed by atoms with Gasteiger partial charge in [0.25, 0.3) is 0 Å². The van der Waals surface area contributed by atoms with Gasteiger partial charge in [-0.25, -0.2) is 0 Å². The molecule has 0 aliphatic carbocycles. The van der Waals surface area contributed by atoms with E-state index in [2.05, 4.69) is 0 Å². The summed E-state index contributed by atoms with van der Waals surface area (Å²) in [5, 5.41) is -1.04. The topological polar surface area (TPSA) is 101 Å². The Hall–Kier alpha value is 0.280. The Balaban J connectivity index is 7.48. The third kappa shape index (κ3) is 6.41. The monoisotopic (exact) mass is 502 g/mol. The summed E-state index contributed by atoms with van der Waals surface area (Å²) in [6.45, 7) is 4.29. The Morgan fingerprint density at radius 1 is 0.900 bits per heavy atom. The Labute approximate surface area is 179 Å². The molecule has 0 fully saturated rings. The normalized spacial score (nSPS) is 15.7. The van der Waals surface area contributed by atoms with Crippen LogP contribution < -0.4 is 0 Å². The first kappa shape index (κ1) is 30.3. The maximum absolute atomic E-state index is 13.5. The summed E-state index contributed by atoms with van der Waals surface area (Å²) in [5.41, 5.74) is -5.66. The molecule has 2 N–H and O–H groups in total. The molecular formula is C18H39F3O6P2S. The van der Waals surface area contributed by atoms with Gasteiger partial charge in [0.05, 0.1) is 0 Å². The van der Waals surface area contributed by atoms with Crippen molar-refractivity contribution in [3.8, 4) is 0 Å². The van der Waals surface area contributed by atoms with Gasteiger partial charge in [-0.05, 0) is 0 Å². The van der Waals surface area contributed by atoms with Crippen LogP contribution in [0, 0.1) is 0 Å². The standard InChI is InChI=1S/C18H39F3O6P2S/c1-6-11-14-29(15-12-7-2,16-28(22,23)24,17(9-4,10-5)13-8-3)27-30(25,26)18(19,20)21/h6-16H2,1-5H3,(H2,22,23,24). The van der Waals surface area contributed by atoms with E-state index in [9.17, 15) is 35.9 Å². The van der Waals surface area contributed by atoms with Crippen molar-refractivity contribution in [2.75, 3.05) is 18.2 Å². The van der Waals surface area contributed by atoms with E-state index in [-0.39, 0.29) is 25.2 Å². The van der Waals surface area contributed by atoms with Crippen molar-refractivity contribution >= 4 is 24.5 Å². The van der Waals surface area contributed by atoms with E-state index in [0.717, 1.165) is 0 Å². The summed E-state index contributed by atoms with van der Waals surface area (Å²) in [4.78, 5) is 20.1. The second-order valence-electron chi connectivity index (χ2n) is 8.24. The summed E-state index contributed by atoms with van der Waals surface area (Å²) in [7, 11) is -11.0. The van der Waals surface area contributed by atoms with Gasteiger partial charge in [0, 0.05) is 0 Å². The Kier molecular flexibility index (Phi) is 11.0. The van der Waals surface area contributed by atoms with E-state index in [0.29, 0.717) is 38.5 Å². The molecule has 184 valence electrons. The number of halogens is 3. The summed E-state index contributed by atoms with van der Waals surface area (Å²) >= 11 is 0. The molecule has 12 heteroatoms. The summed E-state index contributed by atoms with van der Waals surface area (Å²) in [6, 6.07) is 0. The third-order valence-corrected chi connectivity index (χ3v) is 19.4. The van der Waals surface area contributed by atoms with Gasteiger partial charge < -0.3 is 0 Å². The van der Waals surface area contributed by atoms with Crippen molar-refractivity contribution in [3.05, 3.63) is 0 Å². The van der Waals surface area contributed by atoms with Crippen LogP contribution in [0.25, 0.3) is 0 Å². The minimum absolute atomic E-state index is 0.0514. The van der Waals surface area contributed by atoms with Gasteiger partial charge in [0.1, 0.15) is 0 Å². The molecule has 30 heavy (non-hydrogen) atoms. The number of alkyl halides is 3. The molecule has 0 aromatic rings. The maximum atomic E-state index is 13.5. The molecule has 0 unspecified atom stereocenters. The van der Waals surface area contributed by atoms with Crippen LogP contribution in [0.15, 0.2) is 0 Å². The fourth-order valence-electron chi connectivity index (χ4n) is 4.98. The molecule has 6 nitrogen and oxygen atoms in total. The summed E-state index contributed by atoms with van der Waals surface area (Å²) < 4.78 is 83.0. The van der Waals surface area contributed by atoms with Crippen molar-refractivity contribution in [1.29, 1.82) is 0 Å². The number of rotatable bonds is 15. The van der Waals surface area contributed by atoms with E-state index in [1.54, 1.807) is 27.7 Å². The zero-order valence-electron chi connectivity index (χ0n) is 18.7. The van der Waals surface area contributed by atoms with E-state index in [1.807, 2.05) is 6.92 Å². The van der Waals surface area contributed by atoms with Crippen LogP contribution in [0.1, 0.15) is 86.0 Å². The predicted molar refractivity (Wildman–Crippen MR) is 118 cm³/mol. The van der Waals surface area contributed by atoms with Crippen LogP contribution >= 0.6 is 14.4 Å². The van der Waals surface area contributed by atoms with Crippen LogP contribution in [-0.4, -0.2) is 47.1 Å². The number of unbranched alkanes of at least 4 members (excludes halogenated alkanes) is 2. The number of hydrogen-bond donors (Lipinski definition) is 2. The van der Waals surface area contributed by atoms with Gasteiger partial charge in [0.2, 0.25) is 0 Å². The molecule has 0 saturated carbocycles. The second kappa shape index (κ2) is 10.9. The quantitative estimate of drug-likeness (QED) is 0.198. The molecule has 0 aliphatic heterocycles. The average molecular weight is 503 g/mol. The first-order valence-corrected chi connectivity index (χ1v) is 16.5. The van der Waals surface area contributed by atoms with Gasteiger partial charge in [0.15, 0.2) is 0 Å². The molecule has 0 aromatic heterocycles. The van der Waals surface area contributed by atoms with E-state index in [4.69, 9.17) is 3.97 Å². The van der Waals surface area contributed by atoms with Crippen LogP contribution in [0.4, 0.5) is 13.2 Å². The fraction of sp³-hybridized carbons (Fsp3) is 1.00. The van der Waals surface area contributed by atoms with Crippen LogP contribution in [0.3, 0.4) is 0 Å². The third-order valence-electron chi connectivity index (χ3n) is 6.38. The fourth-order valence-corrected chi connectivity index (χ4v) is 20.6. The van der Waals surface area contributed by atoms with Gasteiger partial charge in [-0.15, -0.1) is 0 Å². The summed E-state index contributed by atoms with van der Waals surface area (Å²) in [5.74, 6) is -0.935. The van der Waals surface area contributed by atoms with Crippen molar-refractivity contribution in [2.24, 2.45) is 0 Å². The zero-order chi connectivity index (χ0) is 23.9. The molecule has 0 heterocycles. The van der Waals surface area contributed by atoms with E-state index >= 15 is 0 Å². The van der Waals surface area contributed by atoms with Crippen molar-refractivity contribution < 1.29 is 39.9 Å². The Morgan fingerprint density at radius 2 is 1.33 bits per heavy atom. The van der Waals surface area contributed by atoms with Crippen molar-refractivity contribution in [2.45, 2.75) is 96.6 Å². The van der Waals surface area contributed by atoms with Gasteiger partial charge in [-0.1, -0.05) is 0 Å². The predicted octanol–water partition coefficient (Wildman–Crippen LogP) is 6.42. The molecule has 0 bridgehead atoms. The van der Waals surface area contributed by atoms with Gasteiger partial charge in [-0.2, -0.15) is 0 Å². The number of hydrogen-bond acceptors (Lipinski definition) is 4. The molecule has 0 atom stereocenters. The molecule has 0 radical (unpaired) electrons. The van der Waals surface area contributed by atoms with Crippen LogP contribution in [-0.2, 0) is 18.7 Å². The molecule has 0 aliphatic rings. The van der Waals surface area contributed by atoms with Gasteiger partial charge >= 0.3 is 179 Å². The molecule has 0 rings (SSSR count). The van der Waals surface area contributed by atoms with Crippen molar-refractivity contribution in [3.63, 3.8) is 0 Å². The molecule has 0 aromatic carbocycles. The Bertz CT molecular complexity index is 679. The molecule has 0 saturated heterocycles. The average Bonchev–Trinajstić information content (AvgIpc) is 2.60. The zero-order valence-corrected chi connectivity index (χ0v) is 21.3. The van der Waals surface area contributed by atoms with Gasteiger partial charge in [-0.3, -0.25) is 0 Å². The van der Waals surface area contributed by atoms with Crippen LogP contribution in [0.5, 0.6) is 0 Å². The summed E-state index contributed by atoms with van der Waals surface area (Å²) in [6.07, 6.45) is 3.10. The Morgan fingerprint density at radius 3 is 1.60 bits per heavy atom. The van der Waals surface area contributed by atoms with E-state index < -0.39 is 41.1 Å². The first-order valence-electron chi connectivity index (χ1n) is 10.6. The molecule has 0 spiro atoms. The molecule has 0 amide bonds. The van der Waals surface area contributed by atoms with Crippen LogP contribution in [0.2, 0.25) is 0 Å². The van der Waals surface area contributed by atoms with E-state index in [1.165, 1.54) is 0 Å². The first-order chi connectivity index (χ1) is 13.5.